The molecule has 2 amide bonds. The van der Waals surface area contributed by atoms with Crippen molar-refractivity contribution in [2.45, 2.75) is 44.4 Å². The van der Waals surface area contributed by atoms with E-state index in [1.54, 1.807) is 12.0 Å². The van der Waals surface area contributed by atoms with Crippen molar-refractivity contribution in [2.75, 3.05) is 12.4 Å². The SMILES string of the molecule is CCC[C@H](C)N1C(=O)[C@H](CC(=O)Nc2ccccc2)SC1=Nc1ccccc1OC. The molecule has 7 heteroatoms. The Labute approximate surface area is 181 Å². The maximum atomic E-state index is 13.2. The first kappa shape index (κ1) is 21.9. The minimum atomic E-state index is -0.499. The van der Waals surface area contributed by atoms with Gasteiger partial charge < -0.3 is 10.1 Å². The zero-order valence-corrected chi connectivity index (χ0v) is 18.3. The van der Waals surface area contributed by atoms with Gasteiger partial charge in [0.1, 0.15) is 16.7 Å². The van der Waals surface area contributed by atoms with Gasteiger partial charge in [-0.25, -0.2) is 4.99 Å². The van der Waals surface area contributed by atoms with Crippen molar-refractivity contribution in [1.29, 1.82) is 0 Å². The molecule has 1 N–H and O–H groups in total. The van der Waals surface area contributed by atoms with Crippen LogP contribution in [0.15, 0.2) is 59.6 Å². The van der Waals surface area contributed by atoms with Gasteiger partial charge >= 0.3 is 0 Å². The maximum Gasteiger partial charge on any atom is 0.242 e. The van der Waals surface area contributed by atoms with Gasteiger partial charge in [-0.3, -0.25) is 14.5 Å². The fourth-order valence-electron chi connectivity index (χ4n) is 3.37. The normalized spacial score (nSPS) is 18.5. The number of carbonyl (C=O) groups excluding carboxylic acids is 2. The van der Waals surface area contributed by atoms with E-state index in [0.29, 0.717) is 16.6 Å². The molecule has 30 heavy (non-hydrogen) atoms. The molecular weight excluding hydrogens is 398 g/mol. The average Bonchev–Trinajstić information content (AvgIpc) is 3.04. The van der Waals surface area contributed by atoms with Crippen LogP contribution in [0.4, 0.5) is 11.4 Å². The molecule has 0 aromatic heterocycles. The molecule has 2 aromatic carbocycles. The number of amidine groups is 1. The van der Waals surface area contributed by atoms with Gasteiger partial charge in [-0.05, 0) is 37.6 Å². The molecule has 1 aliphatic heterocycles. The van der Waals surface area contributed by atoms with E-state index in [1.807, 2.05) is 61.5 Å². The van der Waals surface area contributed by atoms with Gasteiger partial charge in [0.15, 0.2) is 5.17 Å². The summed E-state index contributed by atoms with van der Waals surface area (Å²) in [7, 11) is 1.60. The number of hydrogen-bond donors (Lipinski definition) is 1. The molecule has 2 atom stereocenters. The van der Waals surface area contributed by atoms with Gasteiger partial charge in [0, 0.05) is 18.2 Å². The summed E-state index contributed by atoms with van der Waals surface area (Å²) in [6.45, 7) is 4.11. The number of thioether (sulfide) groups is 1. The van der Waals surface area contributed by atoms with Crippen molar-refractivity contribution in [2.24, 2.45) is 4.99 Å². The fourth-order valence-corrected chi connectivity index (χ4v) is 4.61. The molecule has 0 bridgehead atoms. The first-order valence-electron chi connectivity index (χ1n) is 10.1. The van der Waals surface area contributed by atoms with Crippen LogP contribution in [0.3, 0.4) is 0 Å². The van der Waals surface area contributed by atoms with E-state index in [1.165, 1.54) is 11.8 Å². The monoisotopic (exact) mass is 425 g/mol. The molecule has 0 radical (unpaired) electrons. The average molecular weight is 426 g/mol. The summed E-state index contributed by atoms with van der Waals surface area (Å²) in [5, 5.41) is 2.97. The van der Waals surface area contributed by atoms with E-state index in [2.05, 4.69) is 12.2 Å². The smallest absolute Gasteiger partial charge is 0.242 e. The van der Waals surface area contributed by atoms with Crippen molar-refractivity contribution >= 4 is 40.1 Å². The Morgan fingerprint density at radius 3 is 2.60 bits per heavy atom. The summed E-state index contributed by atoms with van der Waals surface area (Å²) < 4.78 is 5.40. The van der Waals surface area contributed by atoms with Crippen molar-refractivity contribution in [3.63, 3.8) is 0 Å². The van der Waals surface area contributed by atoms with Crippen LogP contribution in [-0.4, -0.2) is 40.3 Å². The number of amides is 2. The van der Waals surface area contributed by atoms with Crippen LogP contribution < -0.4 is 10.1 Å². The second-order valence-corrected chi connectivity index (χ2v) is 8.31. The molecule has 1 saturated heterocycles. The predicted octanol–water partition coefficient (Wildman–Crippen LogP) is 4.84. The molecule has 2 aromatic rings. The van der Waals surface area contributed by atoms with Gasteiger partial charge in [-0.1, -0.05) is 55.4 Å². The number of nitrogens with zero attached hydrogens (tertiary/aromatic N) is 2. The van der Waals surface area contributed by atoms with E-state index in [9.17, 15) is 9.59 Å². The molecule has 0 spiro atoms. The number of para-hydroxylation sites is 3. The van der Waals surface area contributed by atoms with Gasteiger partial charge in [0.2, 0.25) is 11.8 Å². The zero-order valence-electron chi connectivity index (χ0n) is 17.5. The number of aliphatic imine (C=N–C) groups is 1. The van der Waals surface area contributed by atoms with E-state index in [-0.39, 0.29) is 24.3 Å². The first-order chi connectivity index (χ1) is 14.5. The highest BCUT2D eigenvalue weighted by Gasteiger charge is 2.41. The molecule has 1 fully saturated rings. The third-order valence-corrected chi connectivity index (χ3v) is 6.00. The third-order valence-electron chi connectivity index (χ3n) is 4.84. The maximum absolute atomic E-state index is 13.2. The lowest BCUT2D eigenvalue weighted by Crippen LogP contribution is -2.40. The number of hydrogen-bond acceptors (Lipinski definition) is 5. The van der Waals surface area contributed by atoms with Crippen LogP contribution in [0.25, 0.3) is 0 Å². The van der Waals surface area contributed by atoms with Crippen molar-refractivity contribution < 1.29 is 14.3 Å². The topological polar surface area (TPSA) is 71.0 Å². The van der Waals surface area contributed by atoms with Crippen LogP contribution in [0, 0.1) is 0 Å². The Balaban J connectivity index is 1.82. The van der Waals surface area contributed by atoms with Gasteiger partial charge in [-0.15, -0.1) is 0 Å². The second kappa shape index (κ2) is 10.3. The van der Waals surface area contributed by atoms with Crippen LogP contribution in [0.2, 0.25) is 0 Å². The number of methoxy groups -OCH3 is 1. The number of carbonyl (C=O) groups is 2. The molecule has 158 valence electrons. The number of ether oxygens (including phenoxy) is 1. The lowest BCUT2D eigenvalue weighted by atomic mass is 10.1. The molecule has 3 rings (SSSR count). The van der Waals surface area contributed by atoms with Crippen molar-refractivity contribution in [3.05, 3.63) is 54.6 Å². The Bertz CT molecular complexity index is 917. The molecular formula is C23H27N3O3S. The van der Waals surface area contributed by atoms with Crippen molar-refractivity contribution in [3.8, 4) is 5.75 Å². The minimum Gasteiger partial charge on any atom is -0.494 e. The number of rotatable bonds is 8. The summed E-state index contributed by atoms with van der Waals surface area (Å²) in [6, 6.07) is 16.7. The second-order valence-electron chi connectivity index (χ2n) is 7.14. The highest BCUT2D eigenvalue weighted by atomic mass is 32.2. The number of nitrogens with one attached hydrogen (secondary N) is 1. The Morgan fingerprint density at radius 2 is 1.90 bits per heavy atom. The molecule has 0 saturated carbocycles. The standard InChI is InChI=1S/C23H27N3O3S/c1-4-10-16(2)26-22(28)20(15-21(27)24-17-11-6-5-7-12-17)30-23(26)25-18-13-8-9-14-19(18)29-3/h5-9,11-14,16,20H,4,10,15H2,1-3H3,(H,24,27)/t16-,20-/m0/s1. The largest absolute Gasteiger partial charge is 0.494 e. The highest BCUT2D eigenvalue weighted by Crippen LogP contribution is 2.36. The Hall–Kier alpha value is -2.80. The third kappa shape index (κ3) is 5.21. The highest BCUT2D eigenvalue weighted by molar-refractivity contribution is 8.15. The van der Waals surface area contributed by atoms with E-state index < -0.39 is 5.25 Å². The van der Waals surface area contributed by atoms with Gasteiger partial charge in [-0.2, -0.15) is 0 Å². The lowest BCUT2D eigenvalue weighted by Gasteiger charge is -2.24. The van der Waals surface area contributed by atoms with Gasteiger partial charge in [0.05, 0.1) is 7.11 Å². The fraction of sp³-hybridized carbons (Fsp3) is 0.348. The first-order valence-corrected chi connectivity index (χ1v) is 11.0. The van der Waals surface area contributed by atoms with E-state index in [0.717, 1.165) is 18.5 Å². The quantitative estimate of drug-likeness (QED) is 0.657. The van der Waals surface area contributed by atoms with Crippen LogP contribution in [0.5, 0.6) is 5.75 Å². The van der Waals surface area contributed by atoms with Crippen LogP contribution >= 0.6 is 11.8 Å². The molecule has 0 unspecified atom stereocenters. The Kier molecular flexibility index (Phi) is 7.52. The molecule has 0 aliphatic carbocycles. The minimum absolute atomic E-state index is 0.00522. The van der Waals surface area contributed by atoms with Crippen LogP contribution in [-0.2, 0) is 9.59 Å². The summed E-state index contributed by atoms with van der Waals surface area (Å²) in [6.07, 6.45) is 1.91. The molecule has 1 aliphatic rings. The van der Waals surface area contributed by atoms with E-state index in [4.69, 9.17) is 9.73 Å². The van der Waals surface area contributed by atoms with Crippen LogP contribution in [0.1, 0.15) is 33.1 Å². The zero-order chi connectivity index (χ0) is 21.5. The molecule has 6 nitrogen and oxygen atoms in total. The summed E-state index contributed by atoms with van der Waals surface area (Å²) in [5.74, 6) is 0.387. The van der Waals surface area contributed by atoms with Crippen molar-refractivity contribution in [1.82, 2.24) is 4.90 Å². The van der Waals surface area contributed by atoms with E-state index >= 15 is 0 Å². The van der Waals surface area contributed by atoms with Gasteiger partial charge in [0.25, 0.3) is 0 Å². The predicted molar refractivity (Wildman–Crippen MR) is 122 cm³/mol. The lowest BCUT2D eigenvalue weighted by molar-refractivity contribution is -0.129. The summed E-state index contributed by atoms with van der Waals surface area (Å²) >= 11 is 1.34. The molecule has 1 heterocycles. The Morgan fingerprint density at radius 1 is 1.20 bits per heavy atom. The summed E-state index contributed by atoms with van der Waals surface area (Å²) in [4.78, 5) is 32.2. The number of anilines is 1. The summed E-state index contributed by atoms with van der Waals surface area (Å²) in [5.41, 5.74) is 1.38. The number of benzene rings is 2.